The smallest absolute Gasteiger partial charge is 0.268 e. The van der Waals surface area contributed by atoms with E-state index in [1.54, 1.807) is 13.8 Å². The van der Waals surface area contributed by atoms with E-state index >= 15 is 0 Å². The van der Waals surface area contributed by atoms with Gasteiger partial charge in [0.15, 0.2) is 5.60 Å². The highest BCUT2D eigenvalue weighted by molar-refractivity contribution is 7.17. The minimum Gasteiger partial charge on any atom is -0.478 e. The van der Waals surface area contributed by atoms with Crippen LogP contribution in [0.1, 0.15) is 88.2 Å². The van der Waals surface area contributed by atoms with Crippen LogP contribution in [0.2, 0.25) is 0 Å². The van der Waals surface area contributed by atoms with Crippen molar-refractivity contribution >= 4 is 28.2 Å². The summed E-state index contributed by atoms with van der Waals surface area (Å²) in [6.07, 6.45) is 2.72. The molecule has 1 aliphatic rings. The van der Waals surface area contributed by atoms with Gasteiger partial charge in [0, 0.05) is 4.88 Å². The zero-order valence-corrected chi connectivity index (χ0v) is 22.0. The van der Waals surface area contributed by atoms with Gasteiger partial charge < -0.3 is 15.8 Å². The number of benzene rings is 1. The molecule has 0 bridgehead atoms. The first-order valence-electron chi connectivity index (χ1n) is 11.6. The van der Waals surface area contributed by atoms with E-state index < -0.39 is 11.5 Å². The molecule has 1 aliphatic carbocycles. The maximum absolute atomic E-state index is 13.2. The molecule has 0 aliphatic heterocycles. The second kappa shape index (κ2) is 8.79. The van der Waals surface area contributed by atoms with E-state index in [4.69, 9.17) is 10.5 Å². The monoisotopic (exact) mass is 470 g/mol. The first-order valence-corrected chi connectivity index (χ1v) is 12.5. The molecule has 1 unspecified atom stereocenters. The summed E-state index contributed by atoms with van der Waals surface area (Å²) in [7, 11) is 0. The number of carbonyl (C=O) groups excluding carboxylic acids is 2. The molecule has 1 aromatic carbocycles. The molecule has 1 heterocycles. The molecule has 1 aromatic heterocycles. The molecule has 0 saturated carbocycles. The van der Waals surface area contributed by atoms with Crippen molar-refractivity contribution in [1.82, 2.24) is 0 Å². The Labute approximate surface area is 202 Å². The highest BCUT2D eigenvalue weighted by Crippen LogP contribution is 2.44. The van der Waals surface area contributed by atoms with Crippen molar-refractivity contribution in [3.8, 4) is 5.75 Å². The van der Waals surface area contributed by atoms with Gasteiger partial charge in [0.05, 0.1) is 5.56 Å². The lowest BCUT2D eigenvalue weighted by Crippen LogP contribution is -2.42. The molecule has 3 N–H and O–H groups in total. The van der Waals surface area contributed by atoms with Crippen LogP contribution in [0.3, 0.4) is 0 Å². The predicted octanol–water partition coefficient (Wildman–Crippen LogP) is 6.09. The molecule has 1 atom stereocenters. The van der Waals surface area contributed by atoms with Gasteiger partial charge in [-0.05, 0) is 73.1 Å². The number of amides is 2. The molecule has 0 saturated heterocycles. The van der Waals surface area contributed by atoms with Crippen LogP contribution in [0.25, 0.3) is 0 Å². The topological polar surface area (TPSA) is 81.4 Å². The van der Waals surface area contributed by atoms with E-state index in [1.807, 2.05) is 24.3 Å². The average Bonchev–Trinajstić information content (AvgIpc) is 3.03. The van der Waals surface area contributed by atoms with Crippen molar-refractivity contribution in [3.63, 3.8) is 0 Å². The first-order chi connectivity index (χ1) is 15.1. The lowest BCUT2D eigenvalue weighted by atomic mass is 9.72. The summed E-state index contributed by atoms with van der Waals surface area (Å²) in [5, 5.41) is 3.49. The van der Waals surface area contributed by atoms with Crippen molar-refractivity contribution in [2.45, 2.75) is 85.7 Å². The van der Waals surface area contributed by atoms with Gasteiger partial charge in [-0.2, -0.15) is 0 Å². The van der Waals surface area contributed by atoms with Gasteiger partial charge in [0.25, 0.3) is 11.8 Å². The largest absolute Gasteiger partial charge is 0.478 e. The summed E-state index contributed by atoms with van der Waals surface area (Å²) in [6, 6.07) is 7.82. The normalized spacial score (nSPS) is 16.8. The number of primary amides is 1. The fraction of sp³-hybridized carbons (Fsp3) is 0.556. The maximum atomic E-state index is 13.2. The predicted molar refractivity (Wildman–Crippen MR) is 136 cm³/mol. The second-order valence-corrected chi connectivity index (χ2v) is 12.8. The zero-order chi connectivity index (χ0) is 24.8. The molecule has 0 fully saturated rings. The Balaban J connectivity index is 1.80. The first kappa shape index (κ1) is 25.3. The third-order valence-corrected chi connectivity index (χ3v) is 7.77. The lowest BCUT2D eigenvalue weighted by Gasteiger charge is -2.33. The summed E-state index contributed by atoms with van der Waals surface area (Å²) in [6.45, 7) is 16.7. The van der Waals surface area contributed by atoms with Crippen molar-refractivity contribution in [1.29, 1.82) is 0 Å². The van der Waals surface area contributed by atoms with Crippen LogP contribution in [0.5, 0.6) is 5.75 Å². The Kier molecular flexibility index (Phi) is 6.73. The number of rotatable bonds is 5. The van der Waals surface area contributed by atoms with Crippen molar-refractivity contribution in [2.75, 3.05) is 5.32 Å². The highest BCUT2D eigenvalue weighted by Gasteiger charge is 2.36. The fourth-order valence-electron chi connectivity index (χ4n) is 4.29. The third kappa shape index (κ3) is 5.60. The van der Waals surface area contributed by atoms with Crippen LogP contribution < -0.4 is 15.8 Å². The molecule has 3 rings (SSSR count). The van der Waals surface area contributed by atoms with Gasteiger partial charge in [0.2, 0.25) is 0 Å². The Morgan fingerprint density at radius 3 is 2.15 bits per heavy atom. The Bertz CT molecular complexity index is 1040. The second-order valence-electron chi connectivity index (χ2n) is 11.7. The molecule has 33 heavy (non-hydrogen) atoms. The third-order valence-electron chi connectivity index (χ3n) is 6.60. The molecule has 2 aromatic rings. The molecule has 6 heteroatoms. The minimum atomic E-state index is -1.13. The molecule has 5 nitrogen and oxygen atoms in total. The van der Waals surface area contributed by atoms with E-state index in [0.29, 0.717) is 22.2 Å². The molecular weight excluding hydrogens is 432 g/mol. The molecule has 2 amide bonds. The summed E-state index contributed by atoms with van der Waals surface area (Å²) in [5.74, 6) is 0.352. The van der Waals surface area contributed by atoms with Gasteiger partial charge in [-0.25, -0.2) is 0 Å². The average molecular weight is 471 g/mol. The van der Waals surface area contributed by atoms with E-state index in [1.165, 1.54) is 16.9 Å². The lowest BCUT2D eigenvalue weighted by molar-refractivity contribution is -0.128. The standard InChI is InChI=1S/C27H38N2O3S/c1-25(2,3)16-9-12-18(13-10-16)32-27(7,8)24(31)29-23-21(22(28)30)19-14-11-17(26(4,5)6)15-20(19)33-23/h9-10,12-13,17H,11,14-15H2,1-8H3,(H2,28,30)(H,29,31). The molecule has 0 spiro atoms. The number of nitrogens with one attached hydrogen (secondary N) is 1. The number of nitrogens with two attached hydrogens (primary N) is 1. The van der Waals surface area contributed by atoms with Crippen molar-refractivity contribution < 1.29 is 14.3 Å². The summed E-state index contributed by atoms with van der Waals surface area (Å²) < 4.78 is 6.04. The van der Waals surface area contributed by atoms with Gasteiger partial charge in [0.1, 0.15) is 10.8 Å². The number of fused-ring (bicyclic) bond motifs is 1. The van der Waals surface area contributed by atoms with Gasteiger partial charge in [-0.15, -0.1) is 11.3 Å². The Hall–Kier alpha value is -2.34. The van der Waals surface area contributed by atoms with Crippen LogP contribution in [-0.4, -0.2) is 17.4 Å². The Morgan fingerprint density at radius 2 is 1.64 bits per heavy atom. The van der Waals surface area contributed by atoms with Gasteiger partial charge >= 0.3 is 0 Å². The van der Waals surface area contributed by atoms with Gasteiger partial charge in [-0.1, -0.05) is 53.7 Å². The number of hydrogen-bond donors (Lipinski definition) is 2. The number of hydrogen-bond acceptors (Lipinski definition) is 4. The van der Waals surface area contributed by atoms with E-state index in [9.17, 15) is 9.59 Å². The molecular formula is C27H38N2O3S. The zero-order valence-electron chi connectivity index (χ0n) is 21.2. The highest BCUT2D eigenvalue weighted by atomic mass is 32.1. The number of anilines is 1. The summed E-state index contributed by atoms with van der Waals surface area (Å²) in [5.41, 5.74) is 7.51. The maximum Gasteiger partial charge on any atom is 0.268 e. The number of ether oxygens (including phenoxy) is 1. The quantitative estimate of drug-likeness (QED) is 0.555. The minimum absolute atomic E-state index is 0.0425. The van der Waals surface area contributed by atoms with Crippen LogP contribution in [0.15, 0.2) is 24.3 Å². The van der Waals surface area contributed by atoms with E-state index in [-0.39, 0.29) is 16.7 Å². The number of thiophene rings is 1. The Morgan fingerprint density at radius 1 is 1.03 bits per heavy atom. The number of carbonyl (C=O) groups is 2. The summed E-state index contributed by atoms with van der Waals surface area (Å²) in [4.78, 5) is 26.7. The van der Waals surface area contributed by atoms with Crippen LogP contribution >= 0.6 is 11.3 Å². The van der Waals surface area contributed by atoms with E-state index in [0.717, 1.165) is 29.7 Å². The van der Waals surface area contributed by atoms with Gasteiger partial charge in [-0.3, -0.25) is 9.59 Å². The van der Waals surface area contributed by atoms with E-state index in [2.05, 4.69) is 46.9 Å². The van der Waals surface area contributed by atoms with Crippen molar-refractivity contribution in [3.05, 3.63) is 45.8 Å². The molecule has 180 valence electrons. The van der Waals surface area contributed by atoms with Crippen LogP contribution in [0, 0.1) is 11.3 Å². The van der Waals surface area contributed by atoms with Crippen LogP contribution in [0.4, 0.5) is 5.00 Å². The molecule has 0 radical (unpaired) electrons. The summed E-state index contributed by atoms with van der Waals surface area (Å²) >= 11 is 1.48. The SMILES string of the molecule is CC(C)(Oc1ccc(C(C)(C)C)cc1)C(=O)Nc1sc2c(c1C(N)=O)CCC(C(C)(C)C)C2. The van der Waals surface area contributed by atoms with Crippen LogP contribution in [-0.2, 0) is 23.1 Å². The van der Waals surface area contributed by atoms with Crippen molar-refractivity contribution in [2.24, 2.45) is 17.1 Å². The fourth-order valence-corrected chi connectivity index (χ4v) is 5.62.